The Kier molecular flexibility index (Phi) is 5.56. The summed E-state index contributed by atoms with van der Waals surface area (Å²) in [6.45, 7) is 3.66. The van der Waals surface area contributed by atoms with Crippen LogP contribution in [0.2, 0.25) is 0 Å². The van der Waals surface area contributed by atoms with Gasteiger partial charge in [0.05, 0.1) is 6.54 Å². The Bertz CT molecular complexity index is 786. The number of anilines is 1. The summed E-state index contributed by atoms with van der Waals surface area (Å²) in [6.07, 6.45) is 1.45. The number of likely N-dealkylation sites (N-methyl/N-ethyl adjacent to an activating group) is 1. The third kappa shape index (κ3) is 4.23. The number of hydrogen-bond donors (Lipinski definition) is 0. The van der Waals surface area contributed by atoms with Crippen LogP contribution in [-0.4, -0.2) is 43.5 Å². The number of aryl methyl sites for hydroxylation is 1. The molecule has 0 N–H and O–H groups in total. The molecule has 5 nitrogen and oxygen atoms in total. The maximum Gasteiger partial charge on any atom is 0.253 e. The lowest BCUT2D eigenvalue weighted by atomic mass is 10.1. The fourth-order valence-corrected chi connectivity index (χ4v) is 2.98. The molecule has 0 atom stereocenters. The second kappa shape index (κ2) is 8.04. The molecule has 1 aliphatic heterocycles. The van der Waals surface area contributed by atoms with Gasteiger partial charge in [-0.3, -0.25) is 9.59 Å². The summed E-state index contributed by atoms with van der Waals surface area (Å²) in [6, 6.07) is 15.1. The van der Waals surface area contributed by atoms with Crippen LogP contribution in [0.15, 0.2) is 48.5 Å². The third-order valence-corrected chi connectivity index (χ3v) is 4.54. The van der Waals surface area contributed by atoms with E-state index in [0.29, 0.717) is 25.1 Å². The first-order valence-corrected chi connectivity index (χ1v) is 8.90. The van der Waals surface area contributed by atoms with Crippen molar-refractivity contribution in [2.45, 2.75) is 19.8 Å². The van der Waals surface area contributed by atoms with Gasteiger partial charge in [-0.1, -0.05) is 23.8 Å². The maximum atomic E-state index is 12.6. The minimum atomic E-state index is -0.0778. The Morgan fingerprint density at radius 2 is 1.96 bits per heavy atom. The Morgan fingerprint density at radius 3 is 2.65 bits per heavy atom. The van der Waals surface area contributed by atoms with E-state index in [4.69, 9.17) is 4.74 Å². The van der Waals surface area contributed by atoms with Crippen LogP contribution in [0.4, 0.5) is 5.69 Å². The SMILES string of the molecule is Cc1ccc(OCCN(C)C(=O)c2cccc(N3CCCC3=O)c2)cc1. The van der Waals surface area contributed by atoms with Crippen LogP contribution in [-0.2, 0) is 4.79 Å². The monoisotopic (exact) mass is 352 g/mol. The summed E-state index contributed by atoms with van der Waals surface area (Å²) in [5, 5.41) is 0. The van der Waals surface area contributed by atoms with Crippen LogP contribution in [0.1, 0.15) is 28.8 Å². The van der Waals surface area contributed by atoms with E-state index in [0.717, 1.165) is 24.4 Å². The van der Waals surface area contributed by atoms with Crippen molar-refractivity contribution in [2.24, 2.45) is 0 Å². The molecule has 3 rings (SSSR count). The molecule has 0 bridgehead atoms. The van der Waals surface area contributed by atoms with Crippen LogP contribution in [0.25, 0.3) is 0 Å². The highest BCUT2D eigenvalue weighted by atomic mass is 16.5. The van der Waals surface area contributed by atoms with Crippen molar-refractivity contribution in [3.05, 3.63) is 59.7 Å². The first-order chi connectivity index (χ1) is 12.5. The molecule has 0 saturated carbocycles. The van der Waals surface area contributed by atoms with E-state index in [1.54, 1.807) is 29.0 Å². The Balaban J connectivity index is 1.57. The number of amides is 2. The molecule has 5 heteroatoms. The van der Waals surface area contributed by atoms with Crippen LogP contribution in [0.3, 0.4) is 0 Å². The topological polar surface area (TPSA) is 49.9 Å². The summed E-state index contributed by atoms with van der Waals surface area (Å²) in [5.41, 5.74) is 2.56. The van der Waals surface area contributed by atoms with Gasteiger partial charge >= 0.3 is 0 Å². The lowest BCUT2D eigenvalue weighted by molar-refractivity contribution is -0.117. The number of benzene rings is 2. The number of ether oxygens (including phenoxy) is 1. The molecule has 0 aliphatic carbocycles. The van der Waals surface area contributed by atoms with E-state index in [1.807, 2.05) is 43.3 Å². The van der Waals surface area contributed by atoms with Crippen molar-refractivity contribution < 1.29 is 14.3 Å². The largest absolute Gasteiger partial charge is 0.492 e. The van der Waals surface area contributed by atoms with Gasteiger partial charge in [0.15, 0.2) is 0 Å². The Morgan fingerprint density at radius 1 is 1.19 bits per heavy atom. The zero-order valence-electron chi connectivity index (χ0n) is 15.3. The zero-order chi connectivity index (χ0) is 18.5. The summed E-state index contributed by atoms with van der Waals surface area (Å²) in [4.78, 5) is 27.9. The van der Waals surface area contributed by atoms with Gasteiger partial charge in [-0.2, -0.15) is 0 Å². The molecular weight excluding hydrogens is 328 g/mol. The van der Waals surface area contributed by atoms with E-state index in [1.165, 1.54) is 5.56 Å². The van der Waals surface area contributed by atoms with E-state index in [2.05, 4.69) is 0 Å². The Labute approximate surface area is 154 Å². The van der Waals surface area contributed by atoms with Gasteiger partial charge in [0.2, 0.25) is 5.91 Å². The highest BCUT2D eigenvalue weighted by molar-refractivity contribution is 5.99. The lowest BCUT2D eigenvalue weighted by Gasteiger charge is -2.20. The van der Waals surface area contributed by atoms with Crippen molar-refractivity contribution in [1.82, 2.24) is 4.90 Å². The van der Waals surface area contributed by atoms with Crippen LogP contribution >= 0.6 is 0 Å². The first kappa shape index (κ1) is 18.0. The molecule has 1 fully saturated rings. The normalized spacial score (nSPS) is 13.8. The molecule has 2 aromatic carbocycles. The van der Waals surface area contributed by atoms with Crippen LogP contribution < -0.4 is 9.64 Å². The summed E-state index contributed by atoms with van der Waals surface area (Å²) in [7, 11) is 1.76. The second-order valence-corrected chi connectivity index (χ2v) is 6.59. The van der Waals surface area contributed by atoms with Gasteiger partial charge in [-0.05, 0) is 43.7 Å². The van der Waals surface area contributed by atoms with Crippen molar-refractivity contribution in [3.63, 3.8) is 0 Å². The van der Waals surface area contributed by atoms with Gasteiger partial charge in [0.1, 0.15) is 12.4 Å². The van der Waals surface area contributed by atoms with Gasteiger partial charge in [-0.25, -0.2) is 0 Å². The number of carbonyl (C=O) groups excluding carboxylic acids is 2. The summed E-state index contributed by atoms with van der Waals surface area (Å²) < 4.78 is 5.69. The van der Waals surface area contributed by atoms with Crippen LogP contribution in [0, 0.1) is 6.92 Å². The molecule has 1 aliphatic rings. The molecule has 2 aromatic rings. The minimum absolute atomic E-state index is 0.0778. The van der Waals surface area contributed by atoms with Crippen molar-refractivity contribution in [1.29, 1.82) is 0 Å². The molecule has 0 spiro atoms. The highest BCUT2D eigenvalue weighted by Gasteiger charge is 2.22. The molecule has 0 aromatic heterocycles. The predicted molar refractivity (Wildman–Crippen MR) is 102 cm³/mol. The molecule has 1 heterocycles. The molecule has 0 radical (unpaired) electrons. The average Bonchev–Trinajstić information content (AvgIpc) is 3.08. The fraction of sp³-hybridized carbons (Fsp3) is 0.333. The van der Waals surface area contributed by atoms with Crippen molar-refractivity contribution in [2.75, 3.05) is 31.6 Å². The number of nitrogens with zero attached hydrogens (tertiary/aromatic N) is 2. The zero-order valence-corrected chi connectivity index (χ0v) is 15.3. The smallest absolute Gasteiger partial charge is 0.253 e. The summed E-state index contributed by atoms with van der Waals surface area (Å²) >= 11 is 0. The van der Waals surface area contributed by atoms with Crippen LogP contribution in [0.5, 0.6) is 5.75 Å². The van der Waals surface area contributed by atoms with Gasteiger partial charge in [-0.15, -0.1) is 0 Å². The lowest BCUT2D eigenvalue weighted by Crippen LogP contribution is -2.31. The quantitative estimate of drug-likeness (QED) is 0.802. The number of rotatable bonds is 6. The van der Waals surface area contributed by atoms with E-state index < -0.39 is 0 Å². The standard InChI is InChI=1S/C21H24N2O3/c1-16-8-10-19(11-9-16)26-14-13-22(2)21(25)17-5-3-6-18(15-17)23-12-4-7-20(23)24/h3,5-6,8-11,15H,4,7,12-14H2,1-2H3. The second-order valence-electron chi connectivity index (χ2n) is 6.59. The molecule has 0 unspecified atom stereocenters. The molecule has 136 valence electrons. The molecule has 2 amide bonds. The van der Waals surface area contributed by atoms with E-state index >= 15 is 0 Å². The Hall–Kier alpha value is -2.82. The molecule has 26 heavy (non-hydrogen) atoms. The minimum Gasteiger partial charge on any atom is -0.492 e. The molecular formula is C21H24N2O3. The van der Waals surface area contributed by atoms with Gasteiger partial charge in [0.25, 0.3) is 5.91 Å². The van der Waals surface area contributed by atoms with Gasteiger partial charge < -0.3 is 14.5 Å². The van der Waals surface area contributed by atoms with Crippen molar-refractivity contribution in [3.8, 4) is 5.75 Å². The third-order valence-electron chi connectivity index (χ3n) is 4.54. The fourth-order valence-electron chi connectivity index (χ4n) is 2.98. The number of hydrogen-bond acceptors (Lipinski definition) is 3. The van der Waals surface area contributed by atoms with Gasteiger partial charge in [0, 0.05) is 31.3 Å². The number of carbonyl (C=O) groups is 2. The summed E-state index contributed by atoms with van der Waals surface area (Å²) in [5.74, 6) is 0.839. The maximum absolute atomic E-state index is 12.6. The average molecular weight is 352 g/mol. The van der Waals surface area contributed by atoms with E-state index in [-0.39, 0.29) is 11.8 Å². The molecule has 1 saturated heterocycles. The predicted octanol–water partition coefficient (Wildman–Crippen LogP) is 3.27. The van der Waals surface area contributed by atoms with Crippen molar-refractivity contribution >= 4 is 17.5 Å². The van der Waals surface area contributed by atoms with E-state index in [9.17, 15) is 9.59 Å². The first-order valence-electron chi connectivity index (χ1n) is 8.90. The highest BCUT2D eigenvalue weighted by Crippen LogP contribution is 2.22.